The summed E-state index contributed by atoms with van der Waals surface area (Å²) in [5.41, 5.74) is -0.916. The van der Waals surface area contributed by atoms with E-state index < -0.39 is 22.7 Å². The number of aryl methyl sites for hydroxylation is 1. The zero-order valence-electron chi connectivity index (χ0n) is 7.87. The zero-order valence-corrected chi connectivity index (χ0v) is 8.69. The van der Waals surface area contributed by atoms with Gasteiger partial charge in [0.1, 0.15) is 4.88 Å². The SMILES string of the molecule is Cc1cnc2sc(C(=O)O)c(C(F)(F)F)n12. The third-order valence-corrected chi connectivity index (χ3v) is 3.04. The third-order valence-electron chi connectivity index (χ3n) is 2.00. The lowest BCUT2D eigenvalue weighted by molar-refractivity contribution is -0.142. The summed E-state index contributed by atoms with van der Waals surface area (Å²) in [5.74, 6) is -1.60. The molecule has 0 aliphatic heterocycles. The molecule has 4 nitrogen and oxygen atoms in total. The van der Waals surface area contributed by atoms with Gasteiger partial charge in [-0.25, -0.2) is 9.78 Å². The lowest BCUT2D eigenvalue weighted by Gasteiger charge is -2.07. The van der Waals surface area contributed by atoms with E-state index in [2.05, 4.69) is 4.98 Å². The summed E-state index contributed by atoms with van der Waals surface area (Å²) in [7, 11) is 0. The zero-order chi connectivity index (χ0) is 12.1. The Hall–Kier alpha value is -1.57. The molecule has 0 unspecified atom stereocenters. The molecule has 2 rings (SSSR count). The van der Waals surface area contributed by atoms with Crippen LogP contribution in [0.2, 0.25) is 0 Å². The number of hydrogen-bond acceptors (Lipinski definition) is 3. The van der Waals surface area contributed by atoms with E-state index in [9.17, 15) is 18.0 Å². The maximum absolute atomic E-state index is 12.7. The predicted octanol–water partition coefficient (Wildman–Crippen LogP) is 2.42. The molecule has 0 fully saturated rings. The van der Waals surface area contributed by atoms with Gasteiger partial charge >= 0.3 is 12.1 Å². The molecule has 0 saturated carbocycles. The van der Waals surface area contributed by atoms with Crippen LogP contribution in [0.15, 0.2) is 6.20 Å². The molecule has 8 heteroatoms. The number of alkyl halides is 3. The van der Waals surface area contributed by atoms with Gasteiger partial charge in [0.25, 0.3) is 0 Å². The minimum Gasteiger partial charge on any atom is -0.477 e. The number of rotatable bonds is 1. The first kappa shape index (κ1) is 10.9. The first-order valence-corrected chi connectivity index (χ1v) is 4.91. The van der Waals surface area contributed by atoms with Crippen molar-refractivity contribution in [2.45, 2.75) is 13.1 Å². The fourth-order valence-electron chi connectivity index (χ4n) is 1.40. The summed E-state index contributed by atoms with van der Waals surface area (Å²) in [6.45, 7) is 1.44. The number of carboxylic acid groups (broad SMARTS) is 1. The van der Waals surface area contributed by atoms with Crippen LogP contribution in [0.3, 0.4) is 0 Å². The maximum atomic E-state index is 12.7. The fourth-order valence-corrected chi connectivity index (χ4v) is 2.41. The van der Waals surface area contributed by atoms with Crippen LogP contribution < -0.4 is 0 Å². The Morgan fingerprint density at radius 1 is 1.56 bits per heavy atom. The highest BCUT2D eigenvalue weighted by Gasteiger charge is 2.40. The first-order chi connectivity index (χ1) is 7.32. The van der Waals surface area contributed by atoms with Crippen molar-refractivity contribution in [2.24, 2.45) is 0 Å². The van der Waals surface area contributed by atoms with Gasteiger partial charge < -0.3 is 5.11 Å². The summed E-state index contributed by atoms with van der Waals surface area (Å²) in [6, 6.07) is 0. The van der Waals surface area contributed by atoms with Gasteiger partial charge in [-0.3, -0.25) is 4.40 Å². The number of aromatic nitrogens is 2. The van der Waals surface area contributed by atoms with Gasteiger partial charge in [-0.2, -0.15) is 13.2 Å². The van der Waals surface area contributed by atoms with E-state index >= 15 is 0 Å². The number of carbonyl (C=O) groups is 1. The van der Waals surface area contributed by atoms with Crippen molar-refractivity contribution >= 4 is 22.3 Å². The van der Waals surface area contributed by atoms with Gasteiger partial charge in [0.15, 0.2) is 10.7 Å². The smallest absolute Gasteiger partial charge is 0.433 e. The van der Waals surface area contributed by atoms with Crippen LogP contribution in [-0.4, -0.2) is 20.5 Å². The van der Waals surface area contributed by atoms with Gasteiger partial charge in [-0.05, 0) is 6.92 Å². The second kappa shape index (κ2) is 3.21. The minimum absolute atomic E-state index is 0.0298. The topological polar surface area (TPSA) is 54.6 Å². The van der Waals surface area contributed by atoms with E-state index in [4.69, 9.17) is 5.11 Å². The Labute approximate surface area is 91.0 Å². The number of carboxylic acids is 1. The Morgan fingerprint density at radius 2 is 2.19 bits per heavy atom. The van der Waals surface area contributed by atoms with E-state index in [0.29, 0.717) is 11.3 Å². The van der Waals surface area contributed by atoms with E-state index in [1.165, 1.54) is 13.1 Å². The molecular weight excluding hydrogens is 245 g/mol. The van der Waals surface area contributed by atoms with Gasteiger partial charge in [0, 0.05) is 11.9 Å². The Kier molecular flexibility index (Phi) is 2.19. The number of aromatic carboxylic acids is 1. The van der Waals surface area contributed by atoms with Crippen molar-refractivity contribution in [2.75, 3.05) is 0 Å². The molecule has 86 valence electrons. The number of fused-ring (bicyclic) bond motifs is 1. The van der Waals surface area contributed by atoms with E-state index in [0.717, 1.165) is 4.40 Å². The monoisotopic (exact) mass is 250 g/mol. The van der Waals surface area contributed by atoms with Crippen molar-refractivity contribution in [3.63, 3.8) is 0 Å². The summed E-state index contributed by atoms with van der Waals surface area (Å²) in [5, 5.41) is 8.71. The Bertz CT molecular complexity index is 570. The highest BCUT2D eigenvalue weighted by atomic mass is 32.1. The number of hydrogen-bond donors (Lipinski definition) is 1. The molecule has 2 heterocycles. The molecule has 16 heavy (non-hydrogen) atoms. The van der Waals surface area contributed by atoms with Crippen molar-refractivity contribution in [1.29, 1.82) is 0 Å². The quantitative estimate of drug-likeness (QED) is 0.845. The molecule has 0 spiro atoms. The number of thiazole rings is 1. The van der Waals surface area contributed by atoms with Crippen LogP contribution in [0.4, 0.5) is 13.2 Å². The van der Waals surface area contributed by atoms with Crippen LogP contribution in [0.1, 0.15) is 21.1 Å². The van der Waals surface area contributed by atoms with Crippen LogP contribution in [0.25, 0.3) is 4.96 Å². The molecule has 1 N–H and O–H groups in total. The second-order valence-corrected chi connectivity index (χ2v) is 4.08. The molecule has 0 bridgehead atoms. The summed E-state index contributed by atoms with van der Waals surface area (Å²) in [6.07, 6.45) is -3.44. The molecule has 0 atom stereocenters. The molecule has 0 aromatic carbocycles. The van der Waals surface area contributed by atoms with Gasteiger partial charge in [0.2, 0.25) is 0 Å². The van der Waals surface area contributed by atoms with E-state index in [-0.39, 0.29) is 10.7 Å². The summed E-state index contributed by atoms with van der Waals surface area (Å²) >= 11 is 0.512. The largest absolute Gasteiger partial charge is 0.477 e. The highest BCUT2D eigenvalue weighted by Crippen LogP contribution is 2.37. The molecule has 0 saturated heterocycles. The van der Waals surface area contributed by atoms with Crippen molar-refractivity contribution in [1.82, 2.24) is 9.38 Å². The van der Waals surface area contributed by atoms with Gasteiger partial charge in [-0.1, -0.05) is 11.3 Å². The summed E-state index contributed by atoms with van der Waals surface area (Å²) < 4.78 is 39.0. The molecule has 0 aliphatic rings. The van der Waals surface area contributed by atoms with Crippen LogP contribution in [-0.2, 0) is 6.18 Å². The Balaban J connectivity index is 2.87. The number of imidazole rings is 1. The van der Waals surface area contributed by atoms with E-state index in [1.54, 1.807) is 0 Å². The predicted molar refractivity (Wildman–Crippen MR) is 49.8 cm³/mol. The van der Waals surface area contributed by atoms with Crippen LogP contribution >= 0.6 is 11.3 Å². The lowest BCUT2D eigenvalue weighted by atomic mass is 10.3. The standard InChI is InChI=1S/C8H5F3N2O2S/c1-3-2-12-7-13(3)5(8(9,10)11)4(16-7)6(14)15/h2H,1H3,(H,14,15). The summed E-state index contributed by atoms with van der Waals surface area (Å²) in [4.78, 5) is 13.7. The molecular formula is C8H5F3N2O2S. The average molecular weight is 250 g/mol. The van der Waals surface area contributed by atoms with Crippen molar-refractivity contribution < 1.29 is 23.1 Å². The second-order valence-electron chi connectivity index (χ2n) is 3.10. The van der Waals surface area contributed by atoms with Gasteiger partial charge in [0.05, 0.1) is 0 Å². The Morgan fingerprint density at radius 3 is 2.69 bits per heavy atom. The number of nitrogens with zero attached hydrogens (tertiary/aromatic N) is 2. The molecule has 0 radical (unpaired) electrons. The molecule has 0 aliphatic carbocycles. The van der Waals surface area contributed by atoms with E-state index in [1.807, 2.05) is 0 Å². The van der Waals surface area contributed by atoms with Crippen LogP contribution in [0.5, 0.6) is 0 Å². The normalized spacial score (nSPS) is 12.2. The fraction of sp³-hybridized carbons (Fsp3) is 0.250. The number of halogens is 3. The highest BCUT2D eigenvalue weighted by molar-refractivity contribution is 7.19. The maximum Gasteiger partial charge on any atom is 0.433 e. The first-order valence-electron chi connectivity index (χ1n) is 4.09. The van der Waals surface area contributed by atoms with Crippen molar-refractivity contribution in [3.8, 4) is 0 Å². The lowest BCUT2D eigenvalue weighted by Crippen LogP contribution is -2.14. The average Bonchev–Trinajstić information content (AvgIpc) is 2.64. The molecule has 0 amide bonds. The van der Waals surface area contributed by atoms with Crippen LogP contribution in [0, 0.1) is 6.92 Å². The van der Waals surface area contributed by atoms with Gasteiger partial charge in [-0.15, -0.1) is 0 Å². The minimum atomic E-state index is -4.71. The van der Waals surface area contributed by atoms with Crippen molar-refractivity contribution in [3.05, 3.63) is 22.5 Å². The molecule has 2 aromatic rings. The molecule has 2 aromatic heterocycles. The third kappa shape index (κ3) is 1.45.